The molecule has 0 aromatic heterocycles. The molecular weight excluding hydrogens is 364 g/mol. The van der Waals surface area contributed by atoms with E-state index in [-0.39, 0.29) is 17.5 Å². The summed E-state index contributed by atoms with van der Waals surface area (Å²) >= 11 is 0. The molecular formula is C24H30N2O3. The van der Waals surface area contributed by atoms with Crippen LogP contribution in [0.4, 0.5) is 0 Å². The van der Waals surface area contributed by atoms with Crippen molar-refractivity contribution in [2.24, 2.45) is 0 Å². The number of likely N-dealkylation sites (tertiary alicyclic amines) is 1. The number of nitrogens with one attached hydrogen (secondary N) is 1. The summed E-state index contributed by atoms with van der Waals surface area (Å²) in [4.78, 5) is 26.6. The number of benzene rings is 2. The molecule has 1 amide bonds. The van der Waals surface area contributed by atoms with Gasteiger partial charge in [-0.25, -0.2) is 4.79 Å². The molecule has 0 aliphatic carbocycles. The summed E-state index contributed by atoms with van der Waals surface area (Å²) in [6.45, 7) is 7.71. The maximum absolute atomic E-state index is 13.3. The monoisotopic (exact) mass is 394 g/mol. The molecule has 2 aromatic rings. The van der Waals surface area contributed by atoms with E-state index in [0.717, 1.165) is 37.9 Å². The molecule has 1 saturated heterocycles. The lowest BCUT2D eigenvalue weighted by molar-refractivity contribution is -0.136. The van der Waals surface area contributed by atoms with Gasteiger partial charge in [-0.2, -0.15) is 0 Å². The van der Waals surface area contributed by atoms with Crippen LogP contribution in [0.25, 0.3) is 0 Å². The SMILES string of the molecule is Cc1ccc(CN2CCCC[C@]2(C)C(=O)N[C@@H](C)c2ccc(C(=O)O)cc2)cc1. The Morgan fingerprint density at radius 3 is 2.38 bits per heavy atom. The van der Waals surface area contributed by atoms with Crippen LogP contribution < -0.4 is 5.32 Å². The molecule has 5 heteroatoms. The fourth-order valence-corrected chi connectivity index (χ4v) is 3.95. The quantitative estimate of drug-likeness (QED) is 0.766. The van der Waals surface area contributed by atoms with Crippen molar-refractivity contribution in [1.82, 2.24) is 10.2 Å². The third kappa shape index (κ3) is 4.85. The van der Waals surface area contributed by atoms with Crippen LogP contribution in [0.5, 0.6) is 0 Å². The average molecular weight is 395 g/mol. The minimum absolute atomic E-state index is 0.0270. The predicted octanol–water partition coefficient (Wildman–Crippen LogP) is 4.32. The number of piperidine rings is 1. The summed E-state index contributed by atoms with van der Waals surface area (Å²) in [7, 11) is 0. The number of nitrogens with zero attached hydrogens (tertiary/aromatic N) is 1. The van der Waals surface area contributed by atoms with Gasteiger partial charge < -0.3 is 10.4 Å². The molecule has 2 atom stereocenters. The molecule has 0 unspecified atom stereocenters. The van der Waals surface area contributed by atoms with Crippen LogP contribution in [0.15, 0.2) is 48.5 Å². The zero-order chi connectivity index (χ0) is 21.0. The van der Waals surface area contributed by atoms with Gasteiger partial charge in [-0.3, -0.25) is 9.69 Å². The summed E-state index contributed by atoms with van der Waals surface area (Å²) in [6, 6.07) is 15.0. The number of carbonyl (C=O) groups is 2. The highest BCUT2D eigenvalue weighted by Crippen LogP contribution is 2.31. The smallest absolute Gasteiger partial charge is 0.335 e. The Labute approximate surface area is 172 Å². The molecule has 0 saturated carbocycles. The molecule has 154 valence electrons. The van der Waals surface area contributed by atoms with E-state index in [9.17, 15) is 9.59 Å². The highest BCUT2D eigenvalue weighted by molar-refractivity contribution is 5.88. The number of amides is 1. The molecule has 29 heavy (non-hydrogen) atoms. The van der Waals surface area contributed by atoms with E-state index in [2.05, 4.69) is 41.4 Å². The number of hydrogen-bond donors (Lipinski definition) is 2. The first-order valence-electron chi connectivity index (χ1n) is 10.2. The molecule has 5 nitrogen and oxygen atoms in total. The summed E-state index contributed by atoms with van der Waals surface area (Å²) < 4.78 is 0. The Bertz CT molecular complexity index is 861. The average Bonchev–Trinajstić information content (AvgIpc) is 2.71. The normalized spacial score (nSPS) is 20.8. The van der Waals surface area contributed by atoms with E-state index >= 15 is 0 Å². The molecule has 2 aromatic carbocycles. The predicted molar refractivity (Wildman–Crippen MR) is 114 cm³/mol. The van der Waals surface area contributed by atoms with E-state index in [0.29, 0.717) is 0 Å². The zero-order valence-electron chi connectivity index (χ0n) is 17.4. The first kappa shape index (κ1) is 21.1. The molecule has 0 bridgehead atoms. The Kier molecular flexibility index (Phi) is 6.38. The number of aryl methyl sites for hydroxylation is 1. The van der Waals surface area contributed by atoms with Gasteiger partial charge in [-0.05, 0) is 69.8 Å². The molecule has 1 fully saturated rings. The van der Waals surface area contributed by atoms with E-state index in [1.165, 1.54) is 11.1 Å². The van der Waals surface area contributed by atoms with Gasteiger partial charge in [0.2, 0.25) is 5.91 Å². The minimum Gasteiger partial charge on any atom is -0.478 e. The molecule has 0 spiro atoms. The van der Waals surface area contributed by atoms with Gasteiger partial charge in [-0.15, -0.1) is 0 Å². The van der Waals surface area contributed by atoms with Gasteiger partial charge >= 0.3 is 5.97 Å². The van der Waals surface area contributed by atoms with Crippen LogP contribution >= 0.6 is 0 Å². The minimum atomic E-state index is -0.949. The summed E-state index contributed by atoms with van der Waals surface area (Å²) in [5, 5.41) is 12.2. The van der Waals surface area contributed by atoms with Crippen molar-refractivity contribution in [3.05, 3.63) is 70.8 Å². The summed E-state index contributed by atoms with van der Waals surface area (Å²) in [5.41, 5.74) is 3.03. The van der Waals surface area contributed by atoms with Gasteiger partial charge in [0.25, 0.3) is 0 Å². The highest BCUT2D eigenvalue weighted by Gasteiger charge is 2.41. The summed E-state index contributed by atoms with van der Waals surface area (Å²) in [6.07, 6.45) is 2.96. The van der Waals surface area contributed by atoms with Gasteiger partial charge in [-0.1, -0.05) is 42.0 Å². The first-order chi connectivity index (χ1) is 13.8. The van der Waals surface area contributed by atoms with Crippen molar-refractivity contribution in [3.8, 4) is 0 Å². The van der Waals surface area contributed by atoms with Gasteiger partial charge in [0.15, 0.2) is 0 Å². The fourth-order valence-electron chi connectivity index (χ4n) is 3.95. The highest BCUT2D eigenvalue weighted by atomic mass is 16.4. The molecule has 1 heterocycles. The topological polar surface area (TPSA) is 69.6 Å². The maximum atomic E-state index is 13.3. The number of carbonyl (C=O) groups excluding carboxylic acids is 1. The van der Waals surface area contributed by atoms with Gasteiger partial charge in [0, 0.05) is 6.54 Å². The first-order valence-corrected chi connectivity index (χ1v) is 10.2. The number of aromatic carboxylic acids is 1. The van der Waals surface area contributed by atoms with E-state index in [1.54, 1.807) is 24.3 Å². The van der Waals surface area contributed by atoms with Crippen molar-refractivity contribution in [3.63, 3.8) is 0 Å². The van der Waals surface area contributed by atoms with Crippen LogP contribution in [0.2, 0.25) is 0 Å². The van der Waals surface area contributed by atoms with Crippen molar-refractivity contribution < 1.29 is 14.7 Å². The Morgan fingerprint density at radius 2 is 1.76 bits per heavy atom. The number of carboxylic acids is 1. The molecule has 3 rings (SSSR count). The van der Waals surface area contributed by atoms with E-state index in [1.807, 2.05) is 13.8 Å². The lowest BCUT2D eigenvalue weighted by Gasteiger charge is -2.44. The van der Waals surface area contributed by atoms with Gasteiger partial charge in [0.1, 0.15) is 0 Å². The lowest BCUT2D eigenvalue weighted by Crippen LogP contribution is -2.58. The van der Waals surface area contributed by atoms with Crippen molar-refractivity contribution >= 4 is 11.9 Å². The molecule has 1 aliphatic rings. The molecule has 0 radical (unpaired) electrons. The third-order valence-electron chi connectivity index (χ3n) is 6.03. The second-order valence-corrected chi connectivity index (χ2v) is 8.26. The number of rotatable bonds is 6. The van der Waals surface area contributed by atoms with Crippen LogP contribution in [-0.2, 0) is 11.3 Å². The number of carboxylic acid groups (broad SMARTS) is 1. The van der Waals surface area contributed by atoms with E-state index < -0.39 is 11.5 Å². The Morgan fingerprint density at radius 1 is 1.10 bits per heavy atom. The molecule has 2 N–H and O–H groups in total. The van der Waals surface area contributed by atoms with Crippen molar-refractivity contribution in [2.75, 3.05) is 6.54 Å². The summed E-state index contributed by atoms with van der Waals surface area (Å²) in [5.74, 6) is -0.922. The van der Waals surface area contributed by atoms with E-state index in [4.69, 9.17) is 5.11 Å². The van der Waals surface area contributed by atoms with Crippen molar-refractivity contribution in [2.45, 2.75) is 58.2 Å². The second kappa shape index (κ2) is 8.78. The largest absolute Gasteiger partial charge is 0.478 e. The van der Waals surface area contributed by atoms with Crippen molar-refractivity contribution in [1.29, 1.82) is 0 Å². The lowest BCUT2D eigenvalue weighted by atomic mass is 9.86. The zero-order valence-corrected chi connectivity index (χ0v) is 17.4. The Balaban J connectivity index is 1.72. The second-order valence-electron chi connectivity index (χ2n) is 8.26. The van der Waals surface area contributed by atoms with Crippen LogP contribution in [0.3, 0.4) is 0 Å². The Hall–Kier alpha value is -2.66. The molecule has 1 aliphatic heterocycles. The standard InChI is InChI=1S/C24H30N2O3/c1-17-6-8-19(9-7-17)16-26-15-5-4-14-24(26,3)23(29)25-18(2)20-10-12-21(13-11-20)22(27)28/h6-13,18H,4-5,14-16H2,1-3H3,(H,25,29)(H,27,28)/t18-,24+/m0/s1. The third-order valence-corrected chi connectivity index (χ3v) is 6.03. The van der Waals surface area contributed by atoms with Crippen LogP contribution in [-0.4, -0.2) is 34.0 Å². The van der Waals surface area contributed by atoms with Crippen LogP contribution in [0.1, 0.15) is 66.2 Å². The van der Waals surface area contributed by atoms with Crippen LogP contribution in [0, 0.1) is 6.92 Å². The maximum Gasteiger partial charge on any atom is 0.335 e. The van der Waals surface area contributed by atoms with Gasteiger partial charge in [0.05, 0.1) is 17.1 Å². The number of hydrogen-bond acceptors (Lipinski definition) is 3. The fraction of sp³-hybridized carbons (Fsp3) is 0.417.